The molecule has 0 aliphatic heterocycles. The molecular formula is C18H10Br2F2N4O7. The van der Waals surface area contributed by atoms with Crippen molar-refractivity contribution in [2.45, 2.75) is 0 Å². The molecule has 172 valence electrons. The summed E-state index contributed by atoms with van der Waals surface area (Å²) in [5, 5.41) is 31.8. The molecule has 33 heavy (non-hydrogen) atoms. The third kappa shape index (κ3) is 6.39. The Kier molecular flexibility index (Phi) is 8.31. The van der Waals surface area contributed by atoms with E-state index < -0.39 is 38.6 Å². The van der Waals surface area contributed by atoms with E-state index in [0.717, 1.165) is 30.6 Å². The van der Waals surface area contributed by atoms with Crippen molar-refractivity contribution in [1.29, 1.82) is 0 Å². The fourth-order valence-corrected chi connectivity index (χ4v) is 3.06. The van der Waals surface area contributed by atoms with E-state index in [1.54, 1.807) is 0 Å². The number of anilines is 1. The lowest BCUT2D eigenvalue weighted by atomic mass is 10.2. The smallest absolute Gasteiger partial charge is 0.337 e. The highest BCUT2D eigenvalue weighted by Crippen LogP contribution is 2.25. The quantitative estimate of drug-likeness (QED) is 0.281. The second kappa shape index (κ2) is 10.7. The molecule has 0 saturated heterocycles. The Morgan fingerprint density at radius 1 is 1.09 bits per heavy atom. The van der Waals surface area contributed by atoms with E-state index in [9.17, 15) is 38.6 Å². The Hall–Kier alpha value is -3.72. The number of rotatable bonds is 5. The second-order valence-electron chi connectivity index (χ2n) is 5.93. The number of pyridine rings is 1. The summed E-state index contributed by atoms with van der Waals surface area (Å²) in [6.07, 6.45) is 2.44. The number of fused-ring (bicyclic) bond motifs is 1. The predicted octanol–water partition coefficient (Wildman–Crippen LogP) is 4.78. The molecule has 0 unspecified atom stereocenters. The molecule has 3 N–H and O–H groups in total. The number of aromatic nitrogens is 1. The van der Waals surface area contributed by atoms with Gasteiger partial charge in [-0.05, 0) is 56.1 Å². The van der Waals surface area contributed by atoms with Crippen LogP contribution in [-0.4, -0.2) is 25.9 Å². The third-order valence-corrected chi connectivity index (χ3v) is 5.04. The van der Waals surface area contributed by atoms with E-state index in [0.29, 0.717) is 6.20 Å². The lowest BCUT2D eigenvalue weighted by Crippen LogP contribution is -2.09. The molecule has 3 rings (SSSR count). The Labute approximate surface area is 198 Å². The van der Waals surface area contributed by atoms with Gasteiger partial charge in [-0.25, -0.2) is 13.6 Å². The standard InChI is InChI=1S/C9H6BrFN2O4.C9H4BrFN2O3/c10-6-3-5(9(14)15)8(4-7(6)11)12-1-2-13(16)17;10-5-1-4-7(2-6(5)11)12-3-8(9(4)14)13(15)16/h1-4,12H,(H,14,15);1-3H,(H,12,14)/b2-1+;. The molecule has 0 spiro atoms. The fraction of sp³-hybridized carbons (Fsp3) is 0. The number of aromatic amines is 1. The summed E-state index contributed by atoms with van der Waals surface area (Å²) in [5.41, 5.74) is -1.36. The maximum Gasteiger partial charge on any atom is 0.337 e. The van der Waals surface area contributed by atoms with Gasteiger partial charge in [-0.1, -0.05) is 0 Å². The van der Waals surface area contributed by atoms with Crippen molar-refractivity contribution in [2.75, 3.05) is 5.32 Å². The summed E-state index contributed by atoms with van der Waals surface area (Å²) >= 11 is 5.76. The summed E-state index contributed by atoms with van der Waals surface area (Å²) in [6.45, 7) is 0. The van der Waals surface area contributed by atoms with Crippen LogP contribution in [0.25, 0.3) is 10.9 Å². The van der Waals surface area contributed by atoms with Gasteiger partial charge in [0.2, 0.25) is 6.20 Å². The molecule has 2 aromatic carbocycles. The van der Waals surface area contributed by atoms with Gasteiger partial charge in [0.15, 0.2) is 0 Å². The van der Waals surface area contributed by atoms with Crippen molar-refractivity contribution >= 4 is 60.1 Å². The number of halogens is 4. The number of benzene rings is 2. The molecule has 0 radical (unpaired) electrons. The van der Waals surface area contributed by atoms with Gasteiger partial charge < -0.3 is 15.4 Å². The van der Waals surface area contributed by atoms with E-state index >= 15 is 0 Å². The molecule has 0 amide bonds. The number of carboxylic acids is 1. The van der Waals surface area contributed by atoms with Crippen LogP contribution >= 0.6 is 31.9 Å². The molecular weight excluding hydrogens is 582 g/mol. The number of nitrogens with one attached hydrogen (secondary N) is 2. The largest absolute Gasteiger partial charge is 0.478 e. The van der Waals surface area contributed by atoms with Crippen molar-refractivity contribution < 1.29 is 28.5 Å². The number of aromatic carboxylic acids is 1. The van der Waals surface area contributed by atoms with E-state index in [1.807, 2.05) is 0 Å². The Bertz CT molecular complexity index is 1360. The topological polar surface area (TPSA) is 168 Å². The van der Waals surface area contributed by atoms with E-state index in [-0.39, 0.29) is 31.1 Å². The summed E-state index contributed by atoms with van der Waals surface area (Å²) in [4.78, 5) is 44.0. The number of nitro groups is 2. The minimum absolute atomic E-state index is 0.00120. The van der Waals surface area contributed by atoms with Crippen molar-refractivity contribution in [3.8, 4) is 0 Å². The normalized spacial score (nSPS) is 10.5. The van der Waals surface area contributed by atoms with Crippen LogP contribution in [-0.2, 0) is 0 Å². The third-order valence-electron chi connectivity index (χ3n) is 3.82. The zero-order valence-corrected chi connectivity index (χ0v) is 19.0. The van der Waals surface area contributed by atoms with Crippen molar-refractivity contribution in [3.63, 3.8) is 0 Å². The Morgan fingerprint density at radius 2 is 1.70 bits per heavy atom. The number of carboxylic acid groups (broad SMARTS) is 1. The maximum atomic E-state index is 13.2. The average molecular weight is 592 g/mol. The zero-order valence-electron chi connectivity index (χ0n) is 15.8. The van der Waals surface area contributed by atoms with Gasteiger partial charge in [-0.15, -0.1) is 0 Å². The first-order chi connectivity index (χ1) is 15.4. The lowest BCUT2D eigenvalue weighted by Gasteiger charge is -2.06. The van der Waals surface area contributed by atoms with E-state index in [1.165, 1.54) is 6.07 Å². The lowest BCUT2D eigenvalue weighted by molar-refractivity contribution is -0.402. The predicted molar refractivity (Wildman–Crippen MR) is 120 cm³/mol. The first-order valence-electron chi connectivity index (χ1n) is 8.36. The van der Waals surface area contributed by atoms with Gasteiger partial charge in [-0.2, -0.15) is 0 Å². The SMILES string of the molecule is O=C(O)c1cc(Br)c(F)cc1N/C=C/[N+](=O)[O-].O=c1c([N+](=O)[O-])c[nH]c2cc(F)c(Br)cc12. The number of carbonyl (C=O) groups is 1. The highest BCUT2D eigenvalue weighted by molar-refractivity contribution is 9.10. The second-order valence-corrected chi connectivity index (χ2v) is 7.64. The van der Waals surface area contributed by atoms with Crippen molar-refractivity contribution in [1.82, 2.24) is 4.98 Å². The van der Waals surface area contributed by atoms with Crippen LogP contribution in [0.5, 0.6) is 0 Å². The summed E-state index contributed by atoms with van der Waals surface area (Å²) in [7, 11) is 0. The minimum atomic E-state index is -1.28. The van der Waals surface area contributed by atoms with Gasteiger partial charge in [0.25, 0.3) is 5.43 Å². The molecule has 11 nitrogen and oxygen atoms in total. The fourth-order valence-electron chi connectivity index (χ4n) is 2.37. The number of nitrogens with zero attached hydrogens (tertiary/aromatic N) is 2. The number of hydrogen-bond donors (Lipinski definition) is 3. The van der Waals surface area contributed by atoms with Crippen molar-refractivity contribution in [3.05, 3.63) is 99.5 Å². The summed E-state index contributed by atoms with van der Waals surface area (Å²) in [5.74, 6) is -2.49. The van der Waals surface area contributed by atoms with Gasteiger partial charge in [0.05, 0.1) is 53.3 Å². The van der Waals surface area contributed by atoms with Crippen LogP contribution in [0, 0.1) is 31.9 Å². The van der Waals surface area contributed by atoms with Crippen LogP contribution in [0.3, 0.4) is 0 Å². The Morgan fingerprint density at radius 3 is 2.27 bits per heavy atom. The molecule has 1 heterocycles. The molecule has 0 aliphatic carbocycles. The van der Waals surface area contributed by atoms with Gasteiger partial charge in [0, 0.05) is 0 Å². The van der Waals surface area contributed by atoms with Gasteiger partial charge in [-0.3, -0.25) is 25.0 Å². The van der Waals surface area contributed by atoms with Crippen LogP contribution < -0.4 is 10.7 Å². The van der Waals surface area contributed by atoms with Crippen molar-refractivity contribution in [2.24, 2.45) is 0 Å². The molecule has 3 aromatic rings. The van der Waals surface area contributed by atoms with Crippen LogP contribution in [0.4, 0.5) is 20.2 Å². The summed E-state index contributed by atoms with van der Waals surface area (Å²) in [6, 6.07) is 4.32. The molecule has 0 fully saturated rings. The average Bonchev–Trinajstić information content (AvgIpc) is 2.72. The molecule has 0 saturated carbocycles. The maximum absolute atomic E-state index is 13.2. The molecule has 1 aromatic heterocycles. The molecule has 0 aliphatic rings. The number of hydrogen-bond acceptors (Lipinski definition) is 7. The van der Waals surface area contributed by atoms with E-state index in [4.69, 9.17) is 5.11 Å². The van der Waals surface area contributed by atoms with Crippen LogP contribution in [0.1, 0.15) is 10.4 Å². The number of H-pyrrole nitrogens is 1. The highest BCUT2D eigenvalue weighted by Gasteiger charge is 2.16. The molecule has 0 atom stereocenters. The summed E-state index contributed by atoms with van der Waals surface area (Å²) < 4.78 is 26.4. The zero-order chi connectivity index (χ0) is 24.9. The van der Waals surface area contributed by atoms with Crippen LogP contribution in [0.15, 0.2) is 56.6 Å². The Balaban J connectivity index is 0.000000234. The monoisotopic (exact) mass is 590 g/mol. The van der Waals surface area contributed by atoms with Crippen LogP contribution in [0.2, 0.25) is 0 Å². The molecule has 0 bridgehead atoms. The highest BCUT2D eigenvalue weighted by atomic mass is 79.9. The minimum Gasteiger partial charge on any atom is -0.478 e. The first-order valence-corrected chi connectivity index (χ1v) is 9.94. The molecule has 15 heteroatoms. The first kappa shape index (κ1) is 25.5. The van der Waals surface area contributed by atoms with E-state index in [2.05, 4.69) is 42.2 Å². The van der Waals surface area contributed by atoms with Gasteiger partial charge in [0.1, 0.15) is 11.6 Å². The van der Waals surface area contributed by atoms with Gasteiger partial charge >= 0.3 is 11.7 Å².